The molecule has 0 aromatic rings. The Kier molecular flexibility index (Phi) is 3.28. The van der Waals surface area contributed by atoms with Gasteiger partial charge in [-0.15, -0.1) is 0 Å². The third-order valence-corrected chi connectivity index (χ3v) is 2.79. The maximum Gasteiger partial charge on any atom is 0.210 e. The van der Waals surface area contributed by atoms with Crippen molar-refractivity contribution in [3.8, 4) is 0 Å². The molecule has 5 nitrogen and oxygen atoms in total. The second kappa shape index (κ2) is 3.91. The van der Waals surface area contributed by atoms with Crippen molar-refractivity contribution in [2.24, 2.45) is 10.6 Å². The summed E-state index contributed by atoms with van der Waals surface area (Å²) in [5.41, 5.74) is 0.179. The first-order valence-corrected chi connectivity index (χ1v) is 5.92. The van der Waals surface area contributed by atoms with Crippen molar-refractivity contribution in [2.75, 3.05) is 32.1 Å². The molecule has 1 aliphatic heterocycles. The normalized spacial score (nSPS) is 21.1. The van der Waals surface area contributed by atoms with Crippen molar-refractivity contribution < 1.29 is 13.2 Å². The zero-order valence-corrected chi connectivity index (χ0v) is 8.56. The third-order valence-electron chi connectivity index (χ3n) is 2.02. The lowest BCUT2D eigenvalue weighted by atomic mass is 9.89. The van der Waals surface area contributed by atoms with E-state index in [1.54, 1.807) is 0 Å². The van der Waals surface area contributed by atoms with Crippen LogP contribution in [0.3, 0.4) is 0 Å². The molecule has 0 spiro atoms. The van der Waals surface area contributed by atoms with Gasteiger partial charge in [0.15, 0.2) is 0 Å². The van der Waals surface area contributed by atoms with E-state index in [1.807, 2.05) is 0 Å². The second-order valence-corrected chi connectivity index (χ2v) is 5.58. The van der Waals surface area contributed by atoms with Crippen LogP contribution in [0, 0.1) is 5.41 Å². The summed E-state index contributed by atoms with van der Waals surface area (Å²) < 4.78 is 26.2. The van der Waals surface area contributed by atoms with Crippen molar-refractivity contribution in [1.82, 2.24) is 5.32 Å². The molecule has 0 amide bonds. The quantitative estimate of drug-likeness (QED) is 0.562. The molecule has 1 heterocycles. The predicted octanol–water partition coefficient (Wildman–Crippen LogP) is -1.10. The molecule has 13 heavy (non-hydrogen) atoms. The van der Waals surface area contributed by atoms with Crippen molar-refractivity contribution in [1.29, 1.82) is 0 Å². The van der Waals surface area contributed by atoms with Crippen LogP contribution in [0.25, 0.3) is 0 Å². The monoisotopic (exact) mass is 208 g/mol. The Morgan fingerprint density at radius 3 is 2.54 bits per heavy atom. The molecule has 0 atom stereocenters. The number of nitrogens with two attached hydrogens (primary N) is 1. The van der Waals surface area contributed by atoms with Gasteiger partial charge in [-0.05, 0) is 0 Å². The first kappa shape index (κ1) is 10.9. The van der Waals surface area contributed by atoms with Gasteiger partial charge in [0.05, 0.1) is 19.0 Å². The minimum absolute atomic E-state index is 0.00998. The van der Waals surface area contributed by atoms with Crippen LogP contribution < -0.4 is 10.5 Å². The van der Waals surface area contributed by atoms with Crippen molar-refractivity contribution in [3.63, 3.8) is 0 Å². The molecule has 1 fully saturated rings. The molecule has 0 radical (unpaired) electrons. The van der Waals surface area contributed by atoms with Gasteiger partial charge in [0.1, 0.15) is 0 Å². The Bertz CT molecular complexity index is 259. The largest absolute Gasteiger partial charge is 0.380 e. The van der Waals surface area contributed by atoms with Crippen LogP contribution in [0.5, 0.6) is 0 Å². The lowest BCUT2D eigenvalue weighted by Gasteiger charge is -2.38. The Hall–Kier alpha value is -0.170. The number of primary sulfonamides is 1. The van der Waals surface area contributed by atoms with Gasteiger partial charge >= 0.3 is 0 Å². The standard InChI is InChI=1S/C7H16N2O3S/c1-7(5-12-6-7)4-9-2-3-13(8,10)11/h9H,2-6H2,1H3,(H2,8,10,11). The summed E-state index contributed by atoms with van der Waals surface area (Å²) in [5.74, 6) is -0.00998. The maximum absolute atomic E-state index is 10.6. The van der Waals surface area contributed by atoms with Crippen LogP contribution in [-0.4, -0.2) is 40.5 Å². The molecular formula is C7H16N2O3S. The van der Waals surface area contributed by atoms with E-state index < -0.39 is 10.0 Å². The van der Waals surface area contributed by atoms with E-state index in [-0.39, 0.29) is 11.2 Å². The van der Waals surface area contributed by atoms with E-state index in [4.69, 9.17) is 9.88 Å². The molecule has 6 heteroatoms. The van der Waals surface area contributed by atoms with E-state index in [9.17, 15) is 8.42 Å². The summed E-state index contributed by atoms with van der Waals surface area (Å²) in [5, 5.41) is 7.88. The molecule has 78 valence electrons. The molecule has 1 aliphatic rings. The van der Waals surface area contributed by atoms with Gasteiger partial charge in [0.25, 0.3) is 0 Å². The number of hydrogen-bond acceptors (Lipinski definition) is 4. The molecule has 0 aromatic heterocycles. The lowest BCUT2D eigenvalue weighted by molar-refractivity contribution is -0.0987. The van der Waals surface area contributed by atoms with Gasteiger partial charge in [-0.25, -0.2) is 13.6 Å². The third kappa shape index (κ3) is 4.04. The van der Waals surface area contributed by atoms with Crippen LogP contribution >= 0.6 is 0 Å². The number of nitrogens with one attached hydrogen (secondary N) is 1. The SMILES string of the molecule is CC1(CNCCS(N)(=O)=O)COC1. The Balaban J connectivity index is 2.08. The summed E-state index contributed by atoms with van der Waals surface area (Å²) in [4.78, 5) is 0. The fourth-order valence-electron chi connectivity index (χ4n) is 1.16. The molecule has 3 N–H and O–H groups in total. The molecule has 0 saturated carbocycles. The maximum atomic E-state index is 10.6. The summed E-state index contributed by atoms with van der Waals surface area (Å²) >= 11 is 0. The fourth-order valence-corrected chi connectivity index (χ4v) is 1.59. The Labute approximate surface area is 78.7 Å². The van der Waals surface area contributed by atoms with E-state index in [2.05, 4.69) is 12.2 Å². The predicted molar refractivity (Wildman–Crippen MR) is 49.8 cm³/mol. The molecular weight excluding hydrogens is 192 g/mol. The lowest BCUT2D eigenvalue weighted by Crippen LogP contribution is -2.48. The van der Waals surface area contributed by atoms with E-state index in [0.717, 1.165) is 19.8 Å². The van der Waals surface area contributed by atoms with E-state index >= 15 is 0 Å². The molecule has 0 unspecified atom stereocenters. The van der Waals surface area contributed by atoms with Crippen molar-refractivity contribution in [3.05, 3.63) is 0 Å². The summed E-state index contributed by atoms with van der Waals surface area (Å²) in [7, 11) is -3.32. The molecule has 1 saturated heterocycles. The number of rotatable bonds is 5. The zero-order chi connectivity index (χ0) is 9.95. The highest BCUT2D eigenvalue weighted by molar-refractivity contribution is 7.89. The van der Waals surface area contributed by atoms with Gasteiger partial charge in [-0.3, -0.25) is 0 Å². The molecule has 1 rings (SSSR count). The fraction of sp³-hybridized carbons (Fsp3) is 1.00. The van der Waals surface area contributed by atoms with Crippen LogP contribution in [0.1, 0.15) is 6.92 Å². The Morgan fingerprint density at radius 2 is 2.15 bits per heavy atom. The summed E-state index contributed by atoms with van der Waals surface area (Å²) in [6, 6.07) is 0. The van der Waals surface area contributed by atoms with Crippen LogP contribution in [0.2, 0.25) is 0 Å². The minimum atomic E-state index is -3.32. The topological polar surface area (TPSA) is 81.4 Å². The van der Waals surface area contributed by atoms with E-state index in [0.29, 0.717) is 6.54 Å². The molecule has 0 aliphatic carbocycles. The highest BCUT2D eigenvalue weighted by Crippen LogP contribution is 2.24. The van der Waals surface area contributed by atoms with Crippen molar-refractivity contribution in [2.45, 2.75) is 6.92 Å². The van der Waals surface area contributed by atoms with Gasteiger partial charge < -0.3 is 10.1 Å². The average Bonchev–Trinajstić information content (AvgIpc) is 1.93. The van der Waals surface area contributed by atoms with E-state index in [1.165, 1.54) is 0 Å². The highest BCUT2D eigenvalue weighted by Gasteiger charge is 2.32. The first-order chi connectivity index (χ1) is 5.91. The summed E-state index contributed by atoms with van der Waals surface area (Å²) in [6.07, 6.45) is 0. The first-order valence-electron chi connectivity index (χ1n) is 4.20. The van der Waals surface area contributed by atoms with Gasteiger partial charge in [-0.1, -0.05) is 6.92 Å². The minimum Gasteiger partial charge on any atom is -0.380 e. The van der Waals surface area contributed by atoms with Gasteiger partial charge in [0.2, 0.25) is 10.0 Å². The Morgan fingerprint density at radius 1 is 1.54 bits per heavy atom. The smallest absolute Gasteiger partial charge is 0.210 e. The molecule has 0 bridgehead atoms. The number of ether oxygens (including phenoxy) is 1. The van der Waals surface area contributed by atoms with Gasteiger partial charge in [0, 0.05) is 18.5 Å². The second-order valence-electron chi connectivity index (χ2n) is 3.85. The zero-order valence-electron chi connectivity index (χ0n) is 7.75. The summed E-state index contributed by atoms with van der Waals surface area (Å²) in [6.45, 7) is 4.78. The van der Waals surface area contributed by atoms with Crippen LogP contribution in [-0.2, 0) is 14.8 Å². The average molecular weight is 208 g/mol. The highest BCUT2D eigenvalue weighted by atomic mass is 32.2. The number of hydrogen-bond donors (Lipinski definition) is 2. The van der Waals surface area contributed by atoms with Crippen LogP contribution in [0.15, 0.2) is 0 Å². The van der Waals surface area contributed by atoms with Crippen molar-refractivity contribution >= 4 is 10.0 Å². The van der Waals surface area contributed by atoms with Gasteiger partial charge in [-0.2, -0.15) is 0 Å². The number of sulfonamides is 1. The molecule has 0 aromatic carbocycles. The van der Waals surface area contributed by atoms with Crippen LogP contribution in [0.4, 0.5) is 0 Å².